The summed E-state index contributed by atoms with van der Waals surface area (Å²) in [4.78, 5) is 16.8. The monoisotopic (exact) mass is 316 g/mol. The summed E-state index contributed by atoms with van der Waals surface area (Å²) in [6.45, 7) is 6.74. The van der Waals surface area contributed by atoms with E-state index in [-0.39, 0.29) is 5.91 Å². The molecule has 3 rings (SSSR count). The fraction of sp³-hybridized carbons (Fsp3) is 0.529. The molecular formula is C17H24N4O2. The van der Waals surface area contributed by atoms with Gasteiger partial charge in [-0.15, -0.1) is 0 Å². The van der Waals surface area contributed by atoms with Gasteiger partial charge in [0.05, 0.1) is 11.8 Å². The van der Waals surface area contributed by atoms with Crippen molar-refractivity contribution in [1.82, 2.24) is 19.6 Å². The number of rotatable bonds is 5. The lowest BCUT2D eigenvalue weighted by Crippen LogP contribution is -2.38. The fourth-order valence-electron chi connectivity index (χ4n) is 3.08. The molecule has 0 N–H and O–H groups in total. The minimum Gasteiger partial charge on any atom is -0.472 e. The standard InChI is InChI=1S/C17H24N4O2/c1-15(4-10-21-9-2-6-18-21)19-7-3-8-20(12-11-19)17(22)16-5-13-23-14-16/h2,5-6,9,13-15H,3-4,7-8,10-12H2,1H3. The molecule has 6 nitrogen and oxygen atoms in total. The summed E-state index contributed by atoms with van der Waals surface area (Å²) in [5.41, 5.74) is 0.644. The zero-order chi connectivity index (χ0) is 16.1. The van der Waals surface area contributed by atoms with Crippen molar-refractivity contribution in [2.24, 2.45) is 0 Å². The molecule has 124 valence electrons. The summed E-state index contributed by atoms with van der Waals surface area (Å²) in [5, 5.41) is 4.25. The van der Waals surface area contributed by atoms with Crippen LogP contribution >= 0.6 is 0 Å². The average Bonchev–Trinajstić information content (AvgIpc) is 3.22. The SMILES string of the molecule is CC(CCn1cccn1)N1CCCN(C(=O)c2ccoc2)CC1. The first-order chi connectivity index (χ1) is 11.2. The van der Waals surface area contributed by atoms with Crippen molar-refractivity contribution >= 4 is 5.91 Å². The van der Waals surface area contributed by atoms with Gasteiger partial charge < -0.3 is 9.32 Å². The second-order valence-corrected chi connectivity index (χ2v) is 6.10. The Morgan fingerprint density at radius 1 is 1.35 bits per heavy atom. The normalized spacial score (nSPS) is 17.9. The highest BCUT2D eigenvalue weighted by molar-refractivity contribution is 5.93. The van der Waals surface area contributed by atoms with Crippen LogP contribution < -0.4 is 0 Å². The highest BCUT2D eigenvalue weighted by atomic mass is 16.3. The van der Waals surface area contributed by atoms with E-state index in [4.69, 9.17) is 4.42 Å². The van der Waals surface area contributed by atoms with Crippen LogP contribution in [0.25, 0.3) is 0 Å². The summed E-state index contributed by atoms with van der Waals surface area (Å²) in [6.07, 6.45) is 8.97. The van der Waals surface area contributed by atoms with Crippen LogP contribution in [0.4, 0.5) is 0 Å². The third kappa shape index (κ3) is 4.01. The van der Waals surface area contributed by atoms with Gasteiger partial charge in [0.1, 0.15) is 6.26 Å². The lowest BCUT2D eigenvalue weighted by Gasteiger charge is -2.27. The molecule has 2 aromatic heterocycles. The number of aryl methyl sites for hydroxylation is 1. The molecule has 0 saturated carbocycles. The van der Waals surface area contributed by atoms with Crippen LogP contribution in [-0.4, -0.2) is 57.7 Å². The van der Waals surface area contributed by atoms with Gasteiger partial charge in [0.2, 0.25) is 0 Å². The van der Waals surface area contributed by atoms with Gasteiger partial charge in [-0.05, 0) is 31.9 Å². The Morgan fingerprint density at radius 3 is 3.00 bits per heavy atom. The maximum absolute atomic E-state index is 12.4. The first-order valence-electron chi connectivity index (χ1n) is 8.27. The Kier molecular flexibility index (Phi) is 5.12. The molecular weight excluding hydrogens is 292 g/mol. The van der Waals surface area contributed by atoms with Crippen LogP contribution in [0, 0.1) is 0 Å². The Hall–Kier alpha value is -2.08. The molecule has 1 aliphatic rings. The first kappa shape index (κ1) is 15.8. The number of amides is 1. The molecule has 2 aromatic rings. The first-order valence-corrected chi connectivity index (χ1v) is 8.27. The summed E-state index contributed by atoms with van der Waals surface area (Å²) >= 11 is 0. The van der Waals surface area contributed by atoms with Gasteiger partial charge in [0.25, 0.3) is 5.91 Å². The largest absolute Gasteiger partial charge is 0.472 e. The van der Waals surface area contributed by atoms with E-state index in [1.165, 1.54) is 6.26 Å². The van der Waals surface area contributed by atoms with E-state index in [9.17, 15) is 4.79 Å². The quantitative estimate of drug-likeness (QED) is 0.848. The van der Waals surface area contributed by atoms with Crippen LogP contribution in [-0.2, 0) is 6.54 Å². The van der Waals surface area contributed by atoms with Crippen molar-refractivity contribution in [3.63, 3.8) is 0 Å². The van der Waals surface area contributed by atoms with Crippen molar-refractivity contribution in [2.75, 3.05) is 26.2 Å². The van der Waals surface area contributed by atoms with Crippen molar-refractivity contribution in [2.45, 2.75) is 32.4 Å². The molecule has 23 heavy (non-hydrogen) atoms. The summed E-state index contributed by atoms with van der Waals surface area (Å²) < 4.78 is 6.99. The van der Waals surface area contributed by atoms with Crippen molar-refractivity contribution in [1.29, 1.82) is 0 Å². The average molecular weight is 316 g/mol. The maximum atomic E-state index is 12.4. The Labute approximate surface area is 136 Å². The van der Waals surface area contributed by atoms with Crippen LogP contribution in [0.2, 0.25) is 0 Å². The molecule has 1 aliphatic heterocycles. The number of furan rings is 1. The van der Waals surface area contributed by atoms with Gasteiger partial charge in [0.15, 0.2) is 0 Å². The van der Waals surface area contributed by atoms with Crippen LogP contribution in [0.15, 0.2) is 41.5 Å². The Bertz CT molecular complexity index is 594. The molecule has 0 aliphatic carbocycles. The number of hydrogen-bond acceptors (Lipinski definition) is 4. The number of carbonyl (C=O) groups is 1. The lowest BCUT2D eigenvalue weighted by molar-refractivity contribution is 0.0757. The van der Waals surface area contributed by atoms with Crippen molar-refractivity contribution in [3.05, 3.63) is 42.6 Å². The summed E-state index contributed by atoms with van der Waals surface area (Å²) in [7, 11) is 0. The van der Waals surface area contributed by atoms with Crippen LogP contribution in [0.1, 0.15) is 30.1 Å². The van der Waals surface area contributed by atoms with Crippen molar-refractivity contribution in [3.8, 4) is 0 Å². The number of aromatic nitrogens is 2. The molecule has 1 atom stereocenters. The van der Waals surface area contributed by atoms with Crippen LogP contribution in [0.3, 0.4) is 0 Å². The zero-order valence-corrected chi connectivity index (χ0v) is 13.6. The second kappa shape index (κ2) is 7.46. The third-order valence-corrected chi connectivity index (χ3v) is 4.54. The molecule has 0 bridgehead atoms. The molecule has 0 spiro atoms. The smallest absolute Gasteiger partial charge is 0.257 e. The molecule has 1 amide bonds. The summed E-state index contributed by atoms with van der Waals surface area (Å²) in [6, 6.07) is 4.18. The fourth-order valence-corrected chi connectivity index (χ4v) is 3.08. The number of carbonyl (C=O) groups excluding carboxylic acids is 1. The minimum atomic E-state index is 0.0739. The zero-order valence-electron chi connectivity index (χ0n) is 13.6. The molecule has 6 heteroatoms. The second-order valence-electron chi connectivity index (χ2n) is 6.10. The van der Waals surface area contributed by atoms with E-state index in [0.717, 1.165) is 45.6 Å². The highest BCUT2D eigenvalue weighted by Crippen LogP contribution is 2.13. The molecule has 0 radical (unpaired) electrons. The molecule has 1 fully saturated rings. The van der Waals surface area contributed by atoms with E-state index < -0.39 is 0 Å². The Balaban J connectivity index is 1.50. The molecule has 1 unspecified atom stereocenters. The third-order valence-electron chi connectivity index (χ3n) is 4.54. The highest BCUT2D eigenvalue weighted by Gasteiger charge is 2.23. The van der Waals surface area contributed by atoms with Gasteiger partial charge in [-0.2, -0.15) is 5.10 Å². The van der Waals surface area contributed by atoms with Gasteiger partial charge in [-0.25, -0.2) is 0 Å². The number of hydrogen-bond donors (Lipinski definition) is 0. The topological polar surface area (TPSA) is 54.5 Å². The van der Waals surface area contributed by atoms with E-state index >= 15 is 0 Å². The Morgan fingerprint density at radius 2 is 2.26 bits per heavy atom. The minimum absolute atomic E-state index is 0.0739. The molecule has 1 saturated heterocycles. The molecule has 3 heterocycles. The predicted molar refractivity (Wildman–Crippen MR) is 87.1 cm³/mol. The van der Waals surface area contributed by atoms with Gasteiger partial charge in [-0.3, -0.25) is 14.4 Å². The van der Waals surface area contributed by atoms with Crippen LogP contribution in [0.5, 0.6) is 0 Å². The van der Waals surface area contributed by atoms with Gasteiger partial charge in [-0.1, -0.05) is 0 Å². The summed E-state index contributed by atoms with van der Waals surface area (Å²) in [5.74, 6) is 0.0739. The molecule has 0 aromatic carbocycles. The predicted octanol–water partition coefficient (Wildman–Crippen LogP) is 2.10. The number of nitrogens with zero attached hydrogens (tertiary/aromatic N) is 4. The van der Waals surface area contributed by atoms with Crippen molar-refractivity contribution < 1.29 is 9.21 Å². The van der Waals surface area contributed by atoms with E-state index in [1.807, 2.05) is 28.0 Å². The van der Waals surface area contributed by atoms with E-state index in [1.54, 1.807) is 12.3 Å². The maximum Gasteiger partial charge on any atom is 0.257 e. The van der Waals surface area contributed by atoms with Gasteiger partial charge in [0, 0.05) is 51.2 Å². The van der Waals surface area contributed by atoms with E-state index in [0.29, 0.717) is 11.6 Å². The van der Waals surface area contributed by atoms with E-state index in [2.05, 4.69) is 16.9 Å². The lowest BCUT2D eigenvalue weighted by atomic mass is 10.2. The van der Waals surface area contributed by atoms with Gasteiger partial charge >= 0.3 is 0 Å².